The second kappa shape index (κ2) is 7.29. The lowest BCUT2D eigenvalue weighted by atomic mass is 10.1. The third-order valence-corrected chi connectivity index (χ3v) is 7.07. The Morgan fingerprint density at radius 3 is 2.63 bits per heavy atom. The van der Waals surface area contributed by atoms with Gasteiger partial charge in [0, 0.05) is 23.7 Å². The van der Waals surface area contributed by atoms with Crippen molar-refractivity contribution in [2.45, 2.75) is 37.1 Å². The summed E-state index contributed by atoms with van der Waals surface area (Å²) in [6.07, 6.45) is 2.93. The van der Waals surface area contributed by atoms with Gasteiger partial charge in [0.2, 0.25) is 10.0 Å². The Morgan fingerprint density at radius 1 is 1.04 bits per heavy atom. The van der Waals surface area contributed by atoms with Gasteiger partial charge >= 0.3 is 0 Å². The molecule has 0 aliphatic carbocycles. The van der Waals surface area contributed by atoms with Crippen LogP contribution in [0.1, 0.15) is 26.2 Å². The zero-order chi connectivity index (χ0) is 18.9. The minimum atomic E-state index is -3.47. The fraction of sp³-hybridized carbons (Fsp3) is 0.286. The van der Waals surface area contributed by atoms with E-state index in [0.717, 1.165) is 41.7 Å². The van der Waals surface area contributed by atoms with E-state index in [-0.39, 0.29) is 6.04 Å². The molecular formula is C21H23N3O2S. The molecule has 6 heteroatoms. The predicted molar refractivity (Wildman–Crippen MR) is 109 cm³/mol. The number of nitrogens with zero attached hydrogens (tertiary/aromatic N) is 2. The van der Waals surface area contributed by atoms with Gasteiger partial charge in [0.25, 0.3) is 0 Å². The Balaban J connectivity index is 1.64. The van der Waals surface area contributed by atoms with E-state index in [9.17, 15) is 8.42 Å². The summed E-state index contributed by atoms with van der Waals surface area (Å²) in [4.78, 5) is 4.94. The van der Waals surface area contributed by atoms with Crippen LogP contribution in [-0.4, -0.2) is 30.3 Å². The first kappa shape index (κ1) is 17.9. The van der Waals surface area contributed by atoms with E-state index in [1.54, 1.807) is 22.5 Å². The normalized spacial score (nSPS) is 18.5. The summed E-state index contributed by atoms with van der Waals surface area (Å²) in [6.45, 7) is 2.58. The molecule has 1 fully saturated rings. The van der Waals surface area contributed by atoms with Crippen molar-refractivity contribution in [2.75, 3.05) is 11.9 Å². The Bertz CT molecular complexity index is 1050. The maximum atomic E-state index is 13.0. The lowest BCUT2D eigenvalue weighted by molar-refractivity contribution is 0.268. The molecule has 1 aliphatic rings. The molecule has 1 aliphatic heterocycles. The lowest BCUT2D eigenvalue weighted by Gasteiger charge is -2.32. The number of pyridine rings is 1. The first-order valence-electron chi connectivity index (χ1n) is 9.29. The lowest BCUT2D eigenvalue weighted by Crippen LogP contribution is -2.41. The number of nitrogens with one attached hydrogen (secondary N) is 1. The summed E-state index contributed by atoms with van der Waals surface area (Å²) in [5.41, 5.74) is 1.73. The molecule has 2 heterocycles. The highest BCUT2D eigenvalue weighted by atomic mass is 32.2. The van der Waals surface area contributed by atoms with Crippen LogP contribution < -0.4 is 5.32 Å². The zero-order valence-corrected chi connectivity index (χ0v) is 16.1. The van der Waals surface area contributed by atoms with E-state index in [1.807, 2.05) is 49.4 Å². The van der Waals surface area contributed by atoms with Gasteiger partial charge in [-0.3, -0.25) is 0 Å². The van der Waals surface area contributed by atoms with Gasteiger partial charge in [-0.15, -0.1) is 0 Å². The molecule has 0 spiro atoms. The van der Waals surface area contributed by atoms with Crippen molar-refractivity contribution in [2.24, 2.45) is 0 Å². The highest BCUT2D eigenvalue weighted by Crippen LogP contribution is 2.27. The standard InChI is InChI=1S/C21H23N3O2S/c1-16-7-5-6-14-24(16)27(25,26)19-11-12-20-17(15-19)10-13-21(23-20)22-18-8-3-2-4-9-18/h2-4,8-13,15-16H,5-7,14H2,1H3,(H,22,23)/t16-/m1/s1. The smallest absolute Gasteiger partial charge is 0.243 e. The van der Waals surface area contributed by atoms with Gasteiger partial charge in [-0.25, -0.2) is 13.4 Å². The fourth-order valence-electron chi connectivity index (χ4n) is 3.57. The molecule has 140 valence electrons. The number of anilines is 2. The Hall–Kier alpha value is -2.44. The number of benzene rings is 2. The van der Waals surface area contributed by atoms with Gasteiger partial charge in [0.1, 0.15) is 5.82 Å². The monoisotopic (exact) mass is 381 g/mol. The maximum absolute atomic E-state index is 13.0. The minimum absolute atomic E-state index is 0.0509. The number of para-hydroxylation sites is 1. The van der Waals surface area contributed by atoms with Gasteiger partial charge in [0.15, 0.2) is 0 Å². The van der Waals surface area contributed by atoms with Gasteiger partial charge in [-0.1, -0.05) is 24.6 Å². The van der Waals surface area contributed by atoms with Crippen LogP contribution in [0.3, 0.4) is 0 Å². The van der Waals surface area contributed by atoms with Crippen molar-refractivity contribution in [3.05, 3.63) is 60.7 Å². The first-order chi connectivity index (χ1) is 13.0. The number of hydrogen-bond acceptors (Lipinski definition) is 4. The first-order valence-corrected chi connectivity index (χ1v) is 10.7. The van der Waals surface area contributed by atoms with Crippen molar-refractivity contribution < 1.29 is 8.42 Å². The third-order valence-electron chi connectivity index (χ3n) is 5.06. The SMILES string of the molecule is C[C@@H]1CCCCN1S(=O)(=O)c1ccc2nc(Nc3ccccc3)ccc2c1. The van der Waals surface area contributed by atoms with Crippen LogP contribution in [0.15, 0.2) is 65.6 Å². The van der Waals surface area contributed by atoms with Crippen LogP contribution in [0.2, 0.25) is 0 Å². The van der Waals surface area contributed by atoms with Gasteiger partial charge < -0.3 is 5.32 Å². The van der Waals surface area contributed by atoms with Crippen molar-refractivity contribution in [1.29, 1.82) is 0 Å². The summed E-state index contributed by atoms with van der Waals surface area (Å²) < 4.78 is 27.7. The van der Waals surface area contributed by atoms with Crippen LogP contribution in [0, 0.1) is 0 Å². The highest BCUT2D eigenvalue weighted by molar-refractivity contribution is 7.89. The van der Waals surface area contributed by atoms with Crippen molar-refractivity contribution in [1.82, 2.24) is 9.29 Å². The topological polar surface area (TPSA) is 62.3 Å². The van der Waals surface area contributed by atoms with Crippen LogP contribution in [0.25, 0.3) is 10.9 Å². The summed E-state index contributed by atoms with van der Waals surface area (Å²) in [5.74, 6) is 0.731. The van der Waals surface area contributed by atoms with E-state index < -0.39 is 10.0 Å². The number of piperidine rings is 1. The molecule has 1 aromatic heterocycles. The molecule has 5 nitrogen and oxygen atoms in total. The molecule has 0 bridgehead atoms. The van der Waals surface area contributed by atoms with E-state index in [2.05, 4.69) is 10.3 Å². The van der Waals surface area contributed by atoms with E-state index >= 15 is 0 Å². The maximum Gasteiger partial charge on any atom is 0.243 e. The molecular weight excluding hydrogens is 358 g/mol. The number of fused-ring (bicyclic) bond motifs is 1. The Labute approximate surface area is 160 Å². The van der Waals surface area contributed by atoms with Crippen LogP contribution >= 0.6 is 0 Å². The van der Waals surface area contributed by atoms with Crippen LogP contribution in [0.5, 0.6) is 0 Å². The molecule has 1 atom stereocenters. The number of rotatable bonds is 4. The van der Waals surface area contributed by atoms with Gasteiger partial charge in [-0.05, 0) is 62.2 Å². The second-order valence-electron chi connectivity index (χ2n) is 7.00. The summed E-state index contributed by atoms with van der Waals surface area (Å²) in [7, 11) is -3.47. The molecule has 0 amide bonds. The molecule has 0 unspecified atom stereocenters. The van der Waals surface area contributed by atoms with Crippen molar-refractivity contribution >= 4 is 32.4 Å². The molecule has 0 saturated carbocycles. The van der Waals surface area contributed by atoms with Gasteiger partial charge in [-0.2, -0.15) is 4.31 Å². The quantitative estimate of drug-likeness (QED) is 0.721. The molecule has 4 rings (SSSR count). The van der Waals surface area contributed by atoms with E-state index in [1.165, 1.54) is 0 Å². The molecule has 0 radical (unpaired) electrons. The summed E-state index contributed by atoms with van der Waals surface area (Å²) in [6, 6.07) is 18.8. The van der Waals surface area contributed by atoms with Crippen LogP contribution in [0.4, 0.5) is 11.5 Å². The highest BCUT2D eigenvalue weighted by Gasteiger charge is 2.31. The molecule has 1 saturated heterocycles. The largest absolute Gasteiger partial charge is 0.340 e. The van der Waals surface area contributed by atoms with Gasteiger partial charge in [0.05, 0.1) is 10.4 Å². The number of aromatic nitrogens is 1. The van der Waals surface area contributed by atoms with E-state index in [4.69, 9.17) is 0 Å². The molecule has 3 aromatic rings. The average molecular weight is 382 g/mol. The third kappa shape index (κ3) is 3.68. The number of sulfonamides is 1. The average Bonchev–Trinajstić information content (AvgIpc) is 2.68. The fourth-order valence-corrected chi connectivity index (χ4v) is 5.30. The Morgan fingerprint density at radius 2 is 1.85 bits per heavy atom. The van der Waals surface area contributed by atoms with E-state index in [0.29, 0.717) is 11.4 Å². The second-order valence-corrected chi connectivity index (χ2v) is 8.89. The minimum Gasteiger partial charge on any atom is -0.340 e. The van der Waals surface area contributed by atoms with Crippen molar-refractivity contribution in [3.8, 4) is 0 Å². The Kier molecular flexibility index (Phi) is 4.85. The van der Waals surface area contributed by atoms with Crippen molar-refractivity contribution in [3.63, 3.8) is 0 Å². The molecule has 27 heavy (non-hydrogen) atoms. The molecule has 1 N–H and O–H groups in total. The zero-order valence-electron chi connectivity index (χ0n) is 15.3. The molecule has 2 aromatic carbocycles. The summed E-state index contributed by atoms with van der Waals surface area (Å²) in [5, 5.41) is 4.08. The summed E-state index contributed by atoms with van der Waals surface area (Å²) >= 11 is 0. The van der Waals surface area contributed by atoms with Crippen LogP contribution in [-0.2, 0) is 10.0 Å². The predicted octanol–water partition coefficient (Wildman–Crippen LogP) is 4.54. The number of hydrogen-bond donors (Lipinski definition) is 1.